The maximum Gasteiger partial charge on any atom is 0.128 e. The number of aromatic nitrogens is 1. The van der Waals surface area contributed by atoms with Crippen molar-refractivity contribution in [3.05, 3.63) is 161 Å². The number of likely N-dealkylation sites (N-methyl/N-ethyl adjacent to an activating group) is 1. The minimum atomic E-state index is -0.968. The predicted molar refractivity (Wildman–Crippen MR) is 231 cm³/mol. The zero-order valence-electron chi connectivity index (χ0n) is 34.5. The minimum absolute atomic E-state index is 0.128. The summed E-state index contributed by atoms with van der Waals surface area (Å²) in [6.07, 6.45) is 5.07. The van der Waals surface area contributed by atoms with E-state index in [1.165, 1.54) is 11.1 Å². The topological polar surface area (TPSA) is 72.3 Å². The first-order valence-corrected chi connectivity index (χ1v) is 20.2. The van der Waals surface area contributed by atoms with E-state index in [4.69, 9.17) is 4.74 Å². The lowest BCUT2D eigenvalue weighted by Crippen LogP contribution is -2.44. The molecular weight excluding hydrogens is 693 g/mol. The number of aliphatic hydroxyl groups excluding tert-OH is 1. The molecule has 1 aliphatic heterocycles. The van der Waals surface area contributed by atoms with E-state index in [1.807, 2.05) is 66.9 Å². The Morgan fingerprint density at radius 2 is 1.34 bits per heavy atom. The molecule has 1 aliphatic rings. The Balaban J connectivity index is 0.000000244. The van der Waals surface area contributed by atoms with Crippen LogP contribution < -0.4 is 9.64 Å². The van der Waals surface area contributed by atoms with Gasteiger partial charge in [-0.3, -0.25) is 0 Å². The van der Waals surface area contributed by atoms with Gasteiger partial charge in [-0.15, -0.1) is 0 Å². The van der Waals surface area contributed by atoms with Gasteiger partial charge in [0.25, 0.3) is 0 Å². The molecule has 0 saturated carbocycles. The van der Waals surface area contributed by atoms with E-state index in [-0.39, 0.29) is 11.3 Å². The maximum absolute atomic E-state index is 12.1. The van der Waals surface area contributed by atoms with E-state index >= 15 is 0 Å². The standard InChI is InChI=1S/C32H41NO2.C17H23N3O/c1-31(2,3)26-18-16-25(17-19-26)30(34)15-10-22-33-23-20-29(21-24-33)32(35,27-11-6-4-7-12-27)28-13-8-5-9-14-28;1-19(2)12-13-20(17-6-4-5-11-18-17)14-15-7-9-16(21-3)10-8-15/h4-9,11-14,16-19,29-30,34-35H,10,15,20-24H2,1-3H3;4-11H,12-14H2,1-3H3. The third-order valence-corrected chi connectivity index (χ3v) is 11.0. The first kappa shape index (κ1) is 42.6. The molecule has 7 nitrogen and oxygen atoms in total. The Labute approximate surface area is 336 Å². The van der Waals surface area contributed by atoms with Gasteiger partial charge < -0.3 is 29.6 Å². The lowest BCUT2D eigenvalue weighted by Gasteiger charge is -2.42. The van der Waals surface area contributed by atoms with Crippen LogP contribution >= 0.6 is 0 Å². The largest absolute Gasteiger partial charge is 0.497 e. The van der Waals surface area contributed by atoms with Crippen LogP contribution in [-0.4, -0.2) is 78.9 Å². The molecule has 0 aliphatic carbocycles. The van der Waals surface area contributed by atoms with Gasteiger partial charge in [0.05, 0.1) is 13.2 Å². The van der Waals surface area contributed by atoms with Crippen molar-refractivity contribution in [3.8, 4) is 5.75 Å². The summed E-state index contributed by atoms with van der Waals surface area (Å²) in [6, 6.07) is 42.9. The number of rotatable bonds is 15. The fraction of sp³-hybridized carbons (Fsp3) is 0.408. The average Bonchev–Trinajstić information content (AvgIpc) is 3.23. The normalized spacial score (nSPS) is 14.5. The van der Waals surface area contributed by atoms with E-state index in [1.54, 1.807) is 7.11 Å². The fourth-order valence-electron chi connectivity index (χ4n) is 7.56. The van der Waals surface area contributed by atoms with Gasteiger partial charge >= 0.3 is 0 Å². The van der Waals surface area contributed by atoms with Gasteiger partial charge in [0, 0.05) is 25.8 Å². The summed E-state index contributed by atoms with van der Waals surface area (Å²) < 4.78 is 5.21. The Morgan fingerprint density at radius 1 is 0.750 bits per heavy atom. The van der Waals surface area contributed by atoms with Crippen LogP contribution in [0.4, 0.5) is 5.82 Å². The molecule has 0 spiro atoms. The van der Waals surface area contributed by atoms with Crippen molar-refractivity contribution in [2.75, 3.05) is 58.8 Å². The van der Waals surface area contributed by atoms with Gasteiger partial charge in [-0.2, -0.15) is 0 Å². The number of anilines is 1. The molecule has 56 heavy (non-hydrogen) atoms. The summed E-state index contributed by atoms with van der Waals surface area (Å²) in [5.41, 5.74) is 4.66. The highest BCUT2D eigenvalue weighted by molar-refractivity contribution is 5.40. The van der Waals surface area contributed by atoms with Crippen LogP contribution in [0.25, 0.3) is 0 Å². The highest BCUT2D eigenvalue weighted by Gasteiger charge is 2.41. The average molecular weight is 757 g/mol. The number of nitrogens with zero attached hydrogens (tertiary/aromatic N) is 4. The van der Waals surface area contributed by atoms with Crippen molar-refractivity contribution < 1.29 is 14.9 Å². The van der Waals surface area contributed by atoms with Crippen LogP contribution in [0.2, 0.25) is 0 Å². The molecule has 2 N–H and O–H groups in total. The zero-order chi connectivity index (χ0) is 40.0. The van der Waals surface area contributed by atoms with E-state index < -0.39 is 11.7 Å². The molecular formula is C49H64N4O3. The minimum Gasteiger partial charge on any atom is -0.497 e. The van der Waals surface area contributed by atoms with Crippen molar-refractivity contribution >= 4 is 5.82 Å². The number of ether oxygens (including phenoxy) is 1. The van der Waals surface area contributed by atoms with E-state index in [0.29, 0.717) is 0 Å². The molecule has 1 aromatic heterocycles. The predicted octanol–water partition coefficient (Wildman–Crippen LogP) is 9.10. The summed E-state index contributed by atoms with van der Waals surface area (Å²) in [5, 5.41) is 22.8. The monoisotopic (exact) mass is 756 g/mol. The number of likely N-dealkylation sites (tertiary alicyclic amines) is 1. The molecule has 4 aromatic carbocycles. The Morgan fingerprint density at radius 3 is 1.86 bits per heavy atom. The van der Waals surface area contributed by atoms with E-state index in [0.717, 1.165) is 93.2 Å². The number of hydrogen-bond donors (Lipinski definition) is 2. The number of hydrogen-bond acceptors (Lipinski definition) is 7. The van der Waals surface area contributed by atoms with E-state index in [2.05, 4.69) is 121 Å². The van der Waals surface area contributed by atoms with Gasteiger partial charge in [0.15, 0.2) is 0 Å². The molecule has 1 atom stereocenters. The third kappa shape index (κ3) is 12.0. The second-order valence-corrected chi connectivity index (χ2v) is 16.4. The molecule has 1 unspecified atom stereocenters. The Kier molecular flexibility index (Phi) is 15.7. The molecule has 7 heteroatoms. The van der Waals surface area contributed by atoms with Crippen LogP contribution in [0, 0.1) is 5.92 Å². The summed E-state index contributed by atoms with van der Waals surface area (Å²) in [7, 11) is 5.86. The van der Waals surface area contributed by atoms with Crippen molar-refractivity contribution in [2.24, 2.45) is 5.92 Å². The van der Waals surface area contributed by atoms with Crippen LogP contribution in [-0.2, 0) is 17.6 Å². The zero-order valence-corrected chi connectivity index (χ0v) is 34.5. The number of pyridine rings is 1. The molecule has 2 heterocycles. The summed E-state index contributed by atoms with van der Waals surface area (Å²) in [5.74, 6) is 2.07. The maximum atomic E-state index is 12.1. The highest BCUT2D eigenvalue weighted by Crippen LogP contribution is 2.42. The van der Waals surface area contributed by atoms with Gasteiger partial charge in [-0.25, -0.2) is 4.98 Å². The van der Waals surface area contributed by atoms with Crippen molar-refractivity contribution in [3.63, 3.8) is 0 Å². The van der Waals surface area contributed by atoms with Crippen LogP contribution in [0.5, 0.6) is 5.75 Å². The first-order valence-electron chi connectivity index (χ1n) is 20.2. The van der Waals surface area contributed by atoms with Crippen LogP contribution in [0.15, 0.2) is 134 Å². The summed E-state index contributed by atoms with van der Waals surface area (Å²) >= 11 is 0. The molecule has 5 aromatic rings. The van der Waals surface area contributed by atoms with Crippen molar-refractivity contribution in [2.45, 2.75) is 70.1 Å². The van der Waals surface area contributed by atoms with Gasteiger partial charge in [-0.05, 0) is 123 Å². The molecule has 298 valence electrons. The Hall–Kier alpha value is -4.53. The summed E-state index contributed by atoms with van der Waals surface area (Å²) in [6.45, 7) is 12.3. The van der Waals surface area contributed by atoms with Crippen LogP contribution in [0.1, 0.15) is 80.4 Å². The van der Waals surface area contributed by atoms with Crippen molar-refractivity contribution in [1.29, 1.82) is 0 Å². The lowest BCUT2D eigenvalue weighted by atomic mass is 9.72. The first-order chi connectivity index (χ1) is 27.0. The van der Waals surface area contributed by atoms with Crippen LogP contribution in [0.3, 0.4) is 0 Å². The molecule has 0 radical (unpaired) electrons. The molecule has 1 saturated heterocycles. The second-order valence-electron chi connectivity index (χ2n) is 16.4. The lowest BCUT2D eigenvalue weighted by molar-refractivity contribution is -0.0146. The number of aliphatic hydroxyl groups is 2. The molecule has 0 bridgehead atoms. The molecule has 6 rings (SSSR count). The van der Waals surface area contributed by atoms with Gasteiger partial charge in [0.1, 0.15) is 17.2 Å². The van der Waals surface area contributed by atoms with E-state index in [9.17, 15) is 10.2 Å². The Bertz CT molecular complexity index is 1780. The molecule has 1 fully saturated rings. The fourth-order valence-corrected chi connectivity index (χ4v) is 7.56. The SMILES string of the molecule is CC(C)(C)c1ccc(C(O)CCCN2CCC(C(O)(c3ccccc3)c3ccccc3)CC2)cc1.COc1ccc(CN(CCN(C)C)c2ccccn2)cc1. The molecule has 0 amide bonds. The second kappa shape index (κ2) is 20.6. The van der Waals surface area contributed by atoms with Gasteiger partial charge in [-0.1, -0.05) is 124 Å². The number of piperidine rings is 1. The quantitative estimate of drug-likeness (QED) is 0.110. The number of benzene rings is 4. The highest BCUT2D eigenvalue weighted by atomic mass is 16.5. The third-order valence-electron chi connectivity index (χ3n) is 11.0. The summed E-state index contributed by atoms with van der Waals surface area (Å²) in [4.78, 5) is 11.4. The number of methoxy groups -OCH3 is 1. The van der Waals surface area contributed by atoms with Gasteiger partial charge in [0.2, 0.25) is 0 Å². The smallest absolute Gasteiger partial charge is 0.128 e. The van der Waals surface area contributed by atoms with Crippen molar-refractivity contribution in [1.82, 2.24) is 14.8 Å².